The second kappa shape index (κ2) is 25.7. The van der Waals surface area contributed by atoms with Crippen LogP contribution in [0.4, 0.5) is 5.82 Å². The van der Waals surface area contributed by atoms with Gasteiger partial charge in [-0.05, 0) is 103 Å². The molecule has 0 aliphatic carbocycles. The minimum atomic E-state index is -3.96. The first-order chi connectivity index (χ1) is 40.7. The van der Waals surface area contributed by atoms with Gasteiger partial charge in [-0.2, -0.15) is 0 Å². The minimum Gasteiger partial charge on any atom is -0.497 e. The van der Waals surface area contributed by atoms with E-state index in [-0.39, 0.29) is 61.4 Å². The van der Waals surface area contributed by atoms with Crippen LogP contribution in [0.5, 0.6) is 11.5 Å². The molecular weight excluding hydrogens is 1140 g/mol. The molecule has 8 atom stereocenters. The number of carbonyl (C=O) groups excluding carboxylic acids is 2. The first-order valence-electron chi connectivity index (χ1n) is 28.4. The van der Waals surface area contributed by atoms with E-state index in [1.54, 1.807) is 61.2 Å². The van der Waals surface area contributed by atoms with Gasteiger partial charge in [0.1, 0.15) is 48.1 Å². The molecule has 3 aromatic heterocycles. The molecule has 24 heteroatoms. The number of nitrogens with one attached hydrogen (secondary N) is 2. The topological polar surface area (TPSA) is 231 Å². The molecule has 2 N–H and O–H groups in total. The lowest BCUT2D eigenvalue weighted by molar-refractivity contribution is -0.130. The van der Waals surface area contributed by atoms with Gasteiger partial charge in [-0.3, -0.25) is 28.5 Å². The molecular formula is C61H73N8O13PSSi. The fourth-order valence-electron chi connectivity index (χ4n) is 10.9. The molecule has 2 amide bonds. The summed E-state index contributed by atoms with van der Waals surface area (Å²) in [6.07, 6.45) is 1.40. The van der Waals surface area contributed by atoms with Gasteiger partial charge in [-0.25, -0.2) is 19.7 Å². The SMILES string of the molecule is COc1ccc(C(OC[C@H]2O[C@@H](n3cnc4c(NC(=O)c5ccccc5)ncnc43)C[C@@H]2OP(=S)(OC[C@H]2CCCN2C(C)=O)OC[C@H]2O[C@@H](n3cc(C)c(=O)[nH]c3=O)C[C@@H]2O[Si](C)(C)C(C)(C)C)(c2ccccc2)c2ccc(OC)cc2)cc1. The average molecular weight is 1220 g/mol. The minimum absolute atomic E-state index is 0.00569. The molecule has 7 aromatic rings. The number of imidazole rings is 1. The fraction of sp³-hybridized carbons (Fsp3) is 0.426. The van der Waals surface area contributed by atoms with E-state index in [1.807, 2.05) is 84.9 Å². The average Bonchev–Trinajstić information content (AvgIpc) is 1.78. The highest BCUT2D eigenvalue weighted by Crippen LogP contribution is 2.55. The van der Waals surface area contributed by atoms with E-state index in [0.717, 1.165) is 23.1 Å². The van der Waals surface area contributed by atoms with Crippen molar-refractivity contribution in [1.82, 2.24) is 34.0 Å². The Kier molecular flexibility index (Phi) is 18.5. The molecule has 85 heavy (non-hydrogen) atoms. The van der Waals surface area contributed by atoms with Gasteiger partial charge in [0.05, 0.1) is 58.6 Å². The summed E-state index contributed by atoms with van der Waals surface area (Å²) in [4.78, 5) is 70.3. The van der Waals surface area contributed by atoms with Crippen LogP contribution in [0, 0.1) is 6.92 Å². The summed E-state index contributed by atoms with van der Waals surface area (Å²) < 4.78 is 63.7. The molecule has 3 aliphatic heterocycles. The molecule has 0 radical (unpaired) electrons. The van der Waals surface area contributed by atoms with E-state index < -0.39 is 68.8 Å². The maximum atomic E-state index is 13.5. The van der Waals surface area contributed by atoms with Gasteiger partial charge in [0.25, 0.3) is 11.5 Å². The monoisotopic (exact) mass is 1220 g/mol. The van der Waals surface area contributed by atoms with E-state index in [2.05, 4.69) is 54.1 Å². The second-order valence-electron chi connectivity index (χ2n) is 23.0. The Morgan fingerprint density at radius 1 is 0.776 bits per heavy atom. The number of fused-ring (bicyclic) bond motifs is 1. The maximum Gasteiger partial charge on any atom is 0.330 e. The van der Waals surface area contributed by atoms with Gasteiger partial charge >= 0.3 is 12.4 Å². The lowest BCUT2D eigenvalue weighted by Gasteiger charge is -2.39. The van der Waals surface area contributed by atoms with Crippen molar-refractivity contribution in [2.45, 2.75) is 127 Å². The highest BCUT2D eigenvalue weighted by molar-refractivity contribution is 8.07. The lowest BCUT2D eigenvalue weighted by Crippen LogP contribution is -2.46. The number of ether oxygens (including phenoxy) is 5. The van der Waals surface area contributed by atoms with Crippen LogP contribution in [0.1, 0.15) is 98.4 Å². The van der Waals surface area contributed by atoms with Crippen LogP contribution in [-0.2, 0) is 54.4 Å². The first-order valence-corrected chi connectivity index (χ1v) is 33.8. The van der Waals surface area contributed by atoms with Crippen LogP contribution in [-0.4, -0.2) is 125 Å². The zero-order chi connectivity index (χ0) is 60.3. The Hall–Kier alpha value is -6.76. The number of likely N-dealkylation sites (tertiary alicyclic amines) is 1. The van der Waals surface area contributed by atoms with Gasteiger partial charge in [-0.1, -0.05) is 93.6 Å². The van der Waals surface area contributed by atoms with Gasteiger partial charge in [0.15, 0.2) is 25.3 Å². The molecule has 0 spiro atoms. The number of methoxy groups -OCH3 is 2. The third-order valence-electron chi connectivity index (χ3n) is 16.5. The van der Waals surface area contributed by atoms with Crippen molar-refractivity contribution < 1.29 is 51.3 Å². The third-order valence-corrected chi connectivity index (χ3v) is 23.4. The van der Waals surface area contributed by atoms with Crippen molar-refractivity contribution in [2.24, 2.45) is 0 Å². The van der Waals surface area contributed by atoms with Crippen LogP contribution in [0.2, 0.25) is 18.1 Å². The van der Waals surface area contributed by atoms with Crippen molar-refractivity contribution in [2.75, 3.05) is 45.9 Å². The van der Waals surface area contributed by atoms with Gasteiger partial charge in [-0.15, -0.1) is 0 Å². The molecule has 0 saturated carbocycles. The summed E-state index contributed by atoms with van der Waals surface area (Å²) >= 11 is 6.55. The third kappa shape index (κ3) is 13.3. The second-order valence-corrected chi connectivity index (χ2v) is 30.7. The lowest BCUT2D eigenvalue weighted by atomic mass is 9.80. The van der Waals surface area contributed by atoms with Crippen LogP contribution in [0.25, 0.3) is 11.2 Å². The van der Waals surface area contributed by atoms with Gasteiger partial charge < -0.3 is 51.9 Å². The van der Waals surface area contributed by atoms with E-state index in [9.17, 15) is 19.2 Å². The fourth-order valence-corrected chi connectivity index (χ4v) is 14.4. The number of benzene rings is 4. The van der Waals surface area contributed by atoms with E-state index >= 15 is 0 Å². The number of hydrogen-bond donors (Lipinski definition) is 2. The van der Waals surface area contributed by atoms with Crippen molar-refractivity contribution in [3.05, 3.63) is 177 Å². The molecule has 450 valence electrons. The Morgan fingerprint density at radius 2 is 1.36 bits per heavy atom. The summed E-state index contributed by atoms with van der Waals surface area (Å²) in [7, 11) is 0.722. The number of anilines is 1. The molecule has 3 fully saturated rings. The number of nitrogens with zero attached hydrogens (tertiary/aromatic N) is 6. The van der Waals surface area contributed by atoms with Crippen LogP contribution in [0.3, 0.4) is 0 Å². The number of hydrogen-bond acceptors (Lipinski definition) is 17. The summed E-state index contributed by atoms with van der Waals surface area (Å²) in [5.74, 6) is 1.04. The van der Waals surface area contributed by atoms with E-state index in [4.69, 9.17) is 58.5 Å². The summed E-state index contributed by atoms with van der Waals surface area (Å²) in [6.45, 7) is 10.2. The number of aromatic amines is 1. The zero-order valence-electron chi connectivity index (χ0n) is 49.2. The number of H-pyrrole nitrogens is 1. The van der Waals surface area contributed by atoms with Crippen LogP contribution < -0.4 is 26.0 Å². The molecule has 0 bridgehead atoms. The van der Waals surface area contributed by atoms with Crippen molar-refractivity contribution in [1.29, 1.82) is 0 Å². The summed E-state index contributed by atoms with van der Waals surface area (Å²) in [6, 6.07) is 33.8. The molecule has 3 aliphatic rings. The number of carbonyl (C=O) groups is 2. The Labute approximate surface area is 499 Å². The largest absolute Gasteiger partial charge is 0.497 e. The molecule has 1 unspecified atom stereocenters. The summed E-state index contributed by atoms with van der Waals surface area (Å²) in [5, 5.41) is 2.69. The van der Waals surface area contributed by atoms with E-state index in [0.29, 0.717) is 46.8 Å². The predicted octanol–water partition coefficient (Wildman–Crippen LogP) is 9.58. The quantitative estimate of drug-likeness (QED) is 0.0365. The number of aryl methyl sites for hydroxylation is 1. The molecule has 10 rings (SSSR count). The molecule has 6 heterocycles. The maximum absolute atomic E-state index is 13.5. The van der Waals surface area contributed by atoms with Crippen molar-refractivity contribution in [3.63, 3.8) is 0 Å². The highest BCUT2D eigenvalue weighted by Gasteiger charge is 2.49. The Balaban J connectivity index is 1.04. The summed E-state index contributed by atoms with van der Waals surface area (Å²) in [5.41, 5.74) is 1.45. The van der Waals surface area contributed by atoms with Crippen molar-refractivity contribution >= 4 is 55.6 Å². The standard InChI is InChI=1S/C61H73N8O13PSSi/c1-39-33-68(59(73)66-57(39)71)52-32-49(82-85(8,9)60(3,4)5)51(80-52)36-78-83(84,77-34-45-21-16-30-67(45)40(2)70)81-48-31-53(69-38-64-54-55(62-37-63-56(54)69)65-58(72)41-17-12-10-13-18-41)79-50(48)35-76-61(42-19-14-11-15-20-42,43-22-26-46(74-6)27-23-43)44-24-28-47(75-7)29-25-44/h10-15,17-20,22-29,33,37-38,45,48-53H,16,21,30-32,34-36H2,1-9H3,(H,66,71,73)(H,62,63,65,72)/t45-,48+,49+,50-,51-,52-,53-,83?/m1/s1. The van der Waals surface area contributed by atoms with Gasteiger partial charge in [0.2, 0.25) is 5.91 Å². The Bertz CT molecular complexity index is 3600. The van der Waals surface area contributed by atoms with E-state index in [1.165, 1.54) is 24.0 Å². The first kappa shape index (κ1) is 61.3. The normalized spacial score (nSPS) is 21.7. The number of aromatic nitrogens is 6. The molecule has 3 saturated heterocycles. The smallest absolute Gasteiger partial charge is 0.330 e. The molecule has 21 nitrogen and oxygen atoms in total. The highest BCUT2D eigenvalue weighted by atomic mass is 32.5. The number of amides is 2. The molecule has 4 aromatic carbocycles. The van der Waals surface area contributed by atoms with Crippen molar-refractivity contribution in [3.8, 4) is 11.5 Å². The zero-order valence-corrected chi connectivity index (χ0v) is 51.9. The Morgan fingerprint density at radius 3 is 1.99 bits per heavy atom. The predicted molar refractivity (Wildman–Crippen MR) is 325 cm³/mol. The van der Waals surface area contributed by atoms with Crippen LogP contribution >= 0.6 is 6.72 Å². The van der Waals surface area contributed by atoms with Gasteiger partial charge in [0, 0.05) is 43.6 Å². The van der Waals surface area contributed by atoms with Crippen LogP contribution in [0.15, 0.2) is 138 Å². The number of rotatable bonds is 22.